The van der Waals surface area contributed by atoms with E-state index in [2.05, 4.69) is 31.0 Å². The van der Waals surface area contributed by atoms with E-state index in [0.717, 1.165) is 6.04 Å². The summed E-state index contributed by atoms with van der Waals surface area (Å²) < 4.78 is 0. The average molecular weight is 230 g/mol. The van der Waals surface area contributed by atoms with Crippen molar-refractivity contribution in [3.63, 3.8) is 0 Å². The second-order valence-electron chi connectivity index (χ2n) is 4.44. The molecule has 0 aliphatic carbocycles. The first-order chi connectivity index (χ1) is 7.26. The quantitative estimate of drug-likeness (QED) is 0.753. The molecule has 1 heterocycles. The summed E-state index contributed by atoms with van der Waals surface area (Å²) in [5, 5.41) is 3.75. The lowest BCUT2D eigenvalue weighted by Crippen LogP contribution is -2.46. The fraction of sp³-hybridized carbons (Fsp3) is 1.00. The first-order valence-corrected chi connectivity index (χ1v) is 7.47. The molecule has 2 nitrogen and oxygen atoms in total. The zero-order valence-corrected chi connectivity index (χ0v) is 11.3. The Labute approximate surface area is 99.2 Å². The summed E-state index contributed by atoms with van der Waals surface area (Å²) in [4.78, 5) is 2.55. The minimum absolute atomic E-state index is 0.674. The standard InChI is InChI=1S/C12H26N2S/c1-4-14-8-6-12(7-9-14)13-11(3)10-15-5-2/h11-13H,4-10H2,1-3H3. The summed E-state index contributed by atoms with van der Waals surface area (Å²) in [5.41, 5.74) is 0. The van der Waals surface area contributed by atoms with Gasteiger partial charge in [-0.1, -0.05) is 13.8 Å². The van der Waals surface area contributed by atoms with Crippen molar-refractivity contribution in [1.82, 2.24) is 10.2 Å². The number of likely N-dealkylation sites (tertiary alicyclic amines) is 1. The second-order valence-corrected chi connectivity index (χ2v) is 5.75. The van der Waals surface area contributed by atoms with Crippen LogP contribution in [0.3, 0.4) is 0 Å². The molecule has 1 fully saturated rings. The van der Waals surface area contributed by atoms with Crippen molar-refractivity contribution >= 4 is 11.8 Å². The largest absolute Gasteiger partial charge is 0.311 e. The van der Waals surface area contributed by atoms with Gasteiger partial charge in [-0.15, -0.1) is 0 Å². The van der Waals surface area contributed by atoms with E-state index < -0.39 is 0 Å². The van der Waals surface area contributed by atoms with Crippen LogP contribution in [0.15, 0.2) is 0 Å². The topological polar surface area (TPSA) is 15.3 Å². The van der Waals surface area contributed by atoms with E-state index >= 15 is 0 Å². The molecular weight excluding hydrogens is 204 g/mol. The highest BCUT2D eigenvalue weighted by Gasteiger charge is 2.18. The third kappa shape index (κ3) is 5.23. The molecule has 15 heavy (non-hydrogen) atoms. The molecule has 0 amide bonds. The van der Waals surface area contributed by atoms with Gasteiger partial charge in [0.1, 0.15) is 0 Å². The lowest BCUT2D eigenvalue weighted by molar-refractivity contribution is 0.202. The summed E-state index contributed by atoms with van der Waals surface area (Å²) >= 11 is 2.04. The highest BCUT2D eigenvalue weighted by molar-refractivity contribution is 7.99. The maximum Gasteiger partial charge on any atom is 0.0132 e. The summed E-state index contributed by atoms with van der Waals surface area (Å²) in [7, 11) is 0. The van der Waals surface area contributed by atoms with Gasteiger partial charge in [0.25, 0.3) is 0 Å². The zero-order chi connectivity index (χ0) is 11.1. The maximum atomic E-state index is 3.75. The van der Waals surface area contributed by atoms with Gasteiger partial charge < -0.3 is 10.2 Å². The molecule has 3 heteroatoms. The second kappa shape index (κ2) is 7.53. The van der Waals surface area contributed by atoms with Crippen LogP contribution in [0, 0.1) is 0 Å². The normalized spacial score (nSPS) is 21.8. The van der Waals surface area contributed by atoms with Gasteiger partial charge in [0.15, 0.2) is 0 Å². The van der Waals surface area contributed by atoms with Gasteiger partial charge in [-0.25, -0.2) is 0 Å². The highest BCUT2D eigenvalue weighted by atomic mass is 32.2. The van der Waals surface area contributed by atoms with Gasteiger partial charge in [-0.3, -0.25) is 0 Å². The Balaban J connectivity index is 2.12. The molecule has 0 aromatic heterocycles. The van der Waals surface area contributed by atoms with E-state index in [1.54, 1.807) is 0 Å². The molecule has 1 N–H and O–H groups in total. The van der Waals surface area contributed by atoms with Crippen molar-refractivity contribution in [2.45, 2.75) is 45.7 Å². The van der Waals surface area contributed by atoms with Gasteiger partial charge in [0, 0.05) is 17.8 Å². The molecule has 0 aromatic carbocycles. The summed E-state index contributed by atoms with van der Waals surface area (Å²) in [6, 6.07) is 1.44. The van der Waals surface area contributed by atoms with Crippen LogP contribution in [0.1, 0.15) is 33.6 Å². The fourth-order valence-electron chi connectivity index (χ4n) is 2.16. The van der Waals surface area contributed by atoms with Crippen LogP contribution in [0.2, 0.25) is 0 Å². The van der Waals surface area contributed by atoms with Crippen LogP contribution in [0.4, 0.5) is 0 Å². The first kappa shape index (κ1) is 13.3. The van der Waals surface area contributed by atoms with Gasteiger partial charge in [-0.2, -0.15) is 11.8 Å². The maximum absolute atomic E-state index is 3.75. The molecule has 1 rings (SSSR count). The Hall–Kier alpha value is 0.270. The van der Waals surface area contributed by atoms with Crippen molar-refractivity contribution < 1.29 is 0 Å². The Morgan fingerprint density at radius 2 is 2.00 bits per heavy atom. The third-order valence-electron chi connectivity index (χ3n) is 3.13. The van der Waals surface area contributed by atoms with Crippen LogP contribution < -0.4 is 5.32 Å². The van der Waals surface area contributed by atoms with E-state index in [0.29, 0.717) is 6.04 Å². The molecule has 90 valence electrons. The predicted octanol–water partition coefficient (Wildman–Crippen LogP) is 2.20. The molecule has 0 spiro atoms. The number of nitrogens with zero attached hydrogens (tertiary/aromatic N) is 1. The van der Waals surface area contributed by atoms with Crippen molar-refractivity contribution in [2.24, 2.45) is 0 Å². The minimum atomic E-state index is 0.674. The smallest absolute Gasteiger partial charge is 0.0132 e. The van der Waals surface area contributed by atoms with Gasteiger partial charge in [0.05, 0.1) is 0 Å². The lowest BCUT2D eigenvalue weighted by Gasteiger charge is -2.33. The molecular formula is C12H26N2S. The van der Waals surface area contributed by atoms with E-state index in [-0.39, 0.29) is 0 Å². The van der Waals surface area contributed by atoms with E-state index in [9.17, 15) is 0 Å². The number of piperidine rings is 1. The Bertz CT molecular complexity index is 156. The van der Waals surface area contributed by atoms with Gasteiger partial charge in [0.2, 0.25) is 0 Å². The first-order valence-electron chi connectivity index (χ1n) is 6.32. The van der Waals surface area contributed by atoms with Crippen molar-refractivity contribution in [3.8, 4) is 0 Å². The molecule has 1 atom stereocenters. The fourth-order valence-corrected chi connectivity index (χ4v) is 2.85. The van der Waals surface area contributed by atoms with Crippen LogP contribution in [-0.2, 0) is 0 Å². The molecule has 0 bridgehead atoms. The predicted molar refractivity (Wildman–Crippen MR) is 70.7 cm³/mol. The summed E-state index contributed by atoms with van der Waals surface area (Å²) in [6.45, 7) is 10.6. The van der Waals surface area contributed by atoms with Crippen LogP contribution in [-0.4, -0.2) is 48.1 Å². The Morgan fingerprint density at radius 1 is 1.33 bits per heavy atom. The number of rotatable bonds is 6. The minimum Gasteiger partial charge on any atom is -0.311 e. The molecule has 1 aliphatic rings. The highest BCUT2D eigenvalue weighted by Crippen LogP contribution is 2.11. The monoisotopic (exact) mass is 230 g/mol. The van der Waals surface area contributed by atoms with Gasteiger partial charge in [-0.05, 0) is 45.2 Å². The molecule has 1 aliphatic heterocycles. The Kier molecular flexibility index (Phi) is 6.69. The van der Waals surface area contributed by atoms with Crippen LogP contribution in [0.5, 0.6) is 0 Å². The van der Waals surface area contributed by atoms with E-state index in [1.165, 1.54) is 44.0 Å². The average Bonchev–Trinajstić information content (AvgIpc) is 2.27. The van der Waals surface area contributed by atoms with Crippen molar-refractivity contribution in [2.75, 3.05) is 31.1 Å². The lowest BCUT2D eigenvalue weighted by atomic mass is 10.0. The number of thioether (sulfide) groups is 1. The molecule has 1 unspecified atom stereocenters. The van der Waals surface area contributed by atoms with Crippen LogP contribution in [0.25, 0.3) is 0 Å². The number of hydrogen-bond acceptors (Lipinski definition) is 3. The van der Waals surface area contributed by atoms with E-state index in [4.69, 9.17) is 0 Å². The van der Waals surface area contributed by atoms with Crippen molar-refractivity contribution in [1.29, 1.82) is 0 Å². The summed E-state index contributed by atoms with van der Waals surface area (Å²) in [5.74, 6) is 2.49. The van der Waals surface area contributed by atoms with Crippen LogP contribution >= 0.6 is 11.8 Å². The molecule has 0 radical (unpaired) electrons. The van der Waals surface area contributed by atoms with Gasteiger partial charge >= 0.3 is 0 Å². The molecule has 1 saturated heterocycles. The number of nitrogens with one attached hydrogen (secondary N) is 1. The van der Waals surface area contributed by atoms with E-state index in [1.807, 2.05) is 11.8 Å². The Morgan fingerprint density at radius 3 is 2.53 bits per heavy atom. The zero-order valence-electron chi connectivity index (χ0n) is 10.5. The van der Waals surface area contributed by atoms with Crippen molar-refractivity contribution in [3.05, 3.63) is 0 Å². The number of hydrogen-bond donors (Lipinski definition) is 1. The molecule has 0 saturated carbocycles. The molecule has 0 aromatic rings. The third-order valence-corrected chi connectivity index (χ3v) is 4.27. The summed E-state index contributed by atoms with van der Waals surface area (Å²) in [6.07, 6.45) is 2.66. The SMILES string of the molecule is CCSCC(C)NC1CCN(CC)CC1.